The third kappa shape index (κ3) is 2.34. The van der Waals surface area contributed by atoms with Gasteiger partial charge in [-0.25, -0.2) is 0 Å². The van der Waals surface area contributed by atoms with Crippen LogP contribution in [0.3, 0.4) is 0 Å². The average Bonchev–Trinajstić information content (AvgIpc) is 1.94. The van der Waals surface area contributed by atoms with Crippen LogP contribution in [0.5, 0.6) is 0 Å². The fraction of sp³-hybridized carbons (Fsp3) is 1.00. The molecule has 0 bridgehead atoms. The molecule has 5 heteroatoms. The topological polar surface area (TPSA) is 18.5 Å². The third-order valence-corrected chi connectivity index (χ3v) is 2.29. The van der Waals surface area contributed by atoms with E-state index in [0.717, 1.165) is 0 Å². The van der Waals surface area contributed by atoms with Gasteiger partial charge in [-0.2, -0.15) is 13.2 Å². The lowest BCUT2D eigenvalue weighted by Crippen LogP contribution is -2.49. The molecule has 1 saturated heterocycles. The molecular weight excluding hydrogens is 185 g/mol. The van der Waals surface area contributed by atoms with Gasteiger partial charge < -0.3 is 9.47 Å². The molecule has 2 nitrogen and oxygen atoms in total. The molecule has 0 radical (unpaired) electrons. The summed E-state index contributed by atoms with van der Waals surface area (Å²) in [7, 11) is 0. The maximum atomic E-state index is 12.4. The van der Waals surface area contributed by atoms with Crippen molar-refractivity contribution in [2.75, 3.05) is 0 Å². The van der Waals surface area contributed by atoms with Crippen LogP contribution in [0.4, 0.5) is 13.2 Å². The Labute approximate surface area is 75.0 Å². The molecule has 4 atom stereocenters. The summed E-state index contributed by atoms with van der Waals surface area (Å²) in [5.74, 6) is -0.656. The smallest absolute Gasteiger partial charge is 0.350 e. The summed E-state index contributed by atoms with van der Waals surface area (Å²) in [5.41, 5.74) is 0. The van der Waals surface area contributed by atoms with Crippen molar-refractivity contribution in [2.45, 2.75) is 45.4 Å². The normalized spacial score (nSPS) is 42.0. The Hall–Kier alpha value is -0.290. The van der Waals surface area contributed by atoms with Crippen LogP contribution < -0.4 is 0 Å². The molecule has 0 aliphatic carbocycles. The van der Waals surface area contributed by atoms with Crippen molar-refractivity contribution in [3.05, 3.63) is 0 Å². The Bertz CT molecular complexity index is 181. The Morgan fingerprint density at radius 1 is 1.00 bits per heavy atom. The summed E-state index contributed by atoms with van der Waals surface area (Å²) in [6.07, 6.45) is -7.20. The van der Waals surface area contributed by atoms with Gasteiger partial charge in [-0.3, -0.25) is 0 Å². The van der Waals surface area contributed by atoms with Gasteiger partial charge in [0.15, 0.2) is 12.4 Å². The molecule has 1 aliphatic rings. The van der Waals surface area contributed by atoms with Crippen molar-refractivity contribution in [3.63, 3.8) is 0 Å². The first kappa shape index (κ1) is 10.8. The number of halogens is 3. The fourth-order valence-electron chi connectivity index (χ4n) is 1.41. The fourth-order valence-corrected chi connectivity index (χ4v) is 1.41. The minimum atomic E-state index is -4.30. The van der Waals surface area contributed by atoms with Crippen molar-refractivity contribution in [1.29, 1.82) is 0 Å². The monoisotopic (exact) mass is 198 g/mol. The molecule has 0 N–H and O–H groups in total. The molecule has 0 spiro atoms. The Morgan fingerprint density at radius 3 is 2.00 bits per heavy atom. The molecule has 1 aliphatic heterocycles. The number of hydrogen-bond acceptors (Lipinski definition) is 2. The quantitative estimate of drug-likeness (QED) is 0.594. The molecule has 4 unspecified atom stereocenters. The van der Waals surface area contributed by atoms with E-state index < -0.39 is 30.6 Å². The Kier molecular flexibility index (Phi) is 2.87. The highest BCUT2D eigenvalue weighted by Gasteiger charge is 2.49. The van der Waals surface area contributed by atoms with Crippen molar-refractivity contribution >= 4 is 0 Å². The summed E-state index contributed by atoms with van der Waals surface area (Å²) in [6, 6.07) is 0. The van der Waals surface area contributed by atoms with E-state index in [9.17, 15) is 13.2 Å². The standard InChI is InChI=1S/C8H13F3O2/c1-4-5(2)12-6(3)13-7(4)8(9,10)11/h4-7H,1-3H3. The van der Waals surface area contributed by atoms with E-state index >= 15 is 0 Å². The first-order chi connectivity index (χ1) is 5.82. The van der Waals surface area contributed by atoms with E-state index in [2.05, 4.69) is 4.74 Å². The lowest BCUT2D eigenvalue weighted by Gasteiger charge is -2.38. The van der Waals surface area contributed by atoms with Gasteiger partial charge >= 0.3 is 6.18 Å². The van der Waals surface area contributed by atoms with Gasteiger partial charge in [-0.1, -0.05) is 6.92 Å². The lowest BCUT2D eigenvalue weighted by atomic mass is 9.97. The van der Waals surface area contributed by atoms with E-state index in [1.807, 2.05) is 0 Å². The van der Waals surface area contributed by atoms with Gasteiger partial charge in [0.25, 0.3) is 0 Å². The van der Waals surface area contributed by atoms with Crippen LogP contribution in [0, 0.1) is 5.92 Å². The molecular formula is C8H13F3O2. The second-order valence-electron chi connectivity index (χ2n) is 3.37. The molecule has 0 saturated carbocycles. The summed E-state index contributed by atoms with van der Waals surface area (Å²) >= 11 is 0. The second kappa shape index (κ2) is 3.46. The van der Waals surface area contributed by atoms with E-state index in [1.54, 1.807) is 6.92 Å². The van der Waals surface area contributed by atoms with Crippen LogP contribution in [0.1, 0.15) is 20.8 Å². The highest BCUT2D eigenvalue weighted by Crippen LogP contribution is 2.35. The van der Waals surface area contributed by atoms with Crippen molar-refractivity contribution < 1.29 is 22.6 Å². The minimum Gasteiger partial charge on any atom is -0.350 e. The summed E-state index contributed by atoms with van der Waals surface area (Å²) in [5, 5.41) is 0. The SMILES string of the molecule is CC1OC(C)C(C)C(C(F)(F)F)O1. The summed E-state index contributed by atoms with van der Waals surface area (Å²) in [4.78, 5) is 0. The number of rotatable bonds is 0. The Morgan fingerprint density at radius 2 is 1.54 bits per heavy atom. The lowest BCUT2D eigenvalue weighted by molar-refractivity contribution is -0.330. The van der Waals surface area contributed by atoms with Crippen molar-refractivity contribution in [2.24, 2.45) is 5.92 Å². The van der Waals surface area contributed by atoms with Crippen LogP contribution in [-0.2, 0) is 9.47 Å². The molecule has 1 heterocycles. The van der Waals surface area contributed by atoms with Crippen molar-refractivity contribution in [3.8, 4) is 0 Å². The minimum absolute atomic E-state index is 0.421. The summed E-state index contributed by atoms with van der Waals surface area (Å²) in [6.45, 7) is 4.58. The maximum Gasteiger partial charge on any atom is 0.415 e. The molecule has 78 valence electrons. The van der Waals surface area contributed by atoms with E-state index in [0.29, 0.717) is 0 Å². The maximum absolute atomic E-state index is 12.4. The third-order valence-electron chi connectivity index (χ3n) is 2.29. The van der Waals surface area contributed by atoms with Crippen LogP contribution >= 0.6 is 0 Å². The second-order valence-corrected chi connectivity index (χ2v) is 3.37. The van der Waals surface area contributed by atoms with Crippen LogP contribution in [0.15, 0.2) is 0 Å². The number of alkyl halides is 3. The zero-order chi connectivity index (χ0) is 10.2. The number of ether oxygens (including phenoxy) is 2. The average molecular weight is 198 g/mol. The molecule has 0 amide bonds. The Balaban J connectivity index is 2.72. The largest absolute Gasteiger partial charge is 0.415 e. The first-order valence-corrected chi connectivity index (χ1v) is 4.20. The first-order valence-electron chi connectivity index (χ1n) is 4.20. The van der Waals surface area contributed by atoms with Gasteiger partial charge in [-0.05, 0) is 13.8 Å². The molecule has 0 aromatic rings. The molecule has 1 fully saturated rings. The predicted molar refractivity (Wildman–Crippen MR) is 40.1 cm³/mol. The zero-order valence-electron chi connectivity index (χ0n) is 7.76. The van der Waals surface area contributed by atoms with E-state index in [1.165, 1.54) is 13.8 Å². The van der Waals surface area contributed by atoms with Crippen LogP contribution in [0.25, 0.3) is 0 Å². The van der Waals surface area contributed by atoms with Gasteiger partial charge in [0.1, 0.15) is 0 Å². The molecule has 0 aromatic carbocycles. The molecule has 0 aromatic heterocycles. The predicted octanol–water partition coefficient (Wildman–Crippen LogP) is 2.33. The van der Waals surface area contributed by atoms with Gasteiger partial charge in [-0.15, -0.1) is 0 Å². The molecule has 13 heavy (non-hydrogen) atoms. The number of hydrogen-bond donors (Lipinski definition) is 0. The summed E-state index contributed by atoms with van der Waals surface area (Å²) < 4.78 is 46.9. The zero-order valence-corrected chi connectivity index (χ0v) is 7.76. The van der Waals surface area contributed by atoms with Gasteiger partial charge in [0.2, 0.25) is 0 Å². The van der Waals surface area contributed by atoms with Crippen LogP contribution in [0.2, 0.25) is 0 Å². The van der Waals surface area contributed by atoms with Gasteiger partial charge in [0.05, 0.1) is 6.10 Å². The molecule has 1 rings (SSSR count). The van der Waals surface area contributed by atoms with Crippen molar-refractivity contribution in [1.82, 2.24) is 0 Å². The van der Waals surface area contributed by atoms with Crippen LogP contribution in [-0.4, -0.2) is 24.7 Å². The van der Waals surface area contributed by atoms with E-state index in [4.69, 9.17) is 4.74 Å². The van der Waals surface area contributed by atoms with E-state index in [-0.39, 0.29) is 0 Å². The van der Waals surface area contributed by atoms with Gasteiger partial charge in [0, 0.05) is 5.92 Å². The highest BCUT2D eigenvalue weighted by atomic mass is 19.4. The highest BCUT2D eigenvalue weighted by molar-refractivity contribution is 4.81.